The van der Waals surface area contributed by atoms with Gasteiger partial charge >= 0.3 is 0 Å². The van der Waals surface area contributed by atoms with Crippen LogP contribution in [0.3, 0.4) is 0 Å². The van der Waals surface area contributed by atoms with Crippen molar-refractivity contribution in [3.05, 3.63) is 70.3 Å². The maximum atomic E-state index is 12.5. The van der Waals surface area contributed by atoms with Crippen LogP contribution in [0.5, 0.6) is 0 Å². The molecule has 0 aromatic heterocycles. The van der Waals surface area contributed by atoms with Gasteiger partial charge in [0.05, 0.1) is 12.7 Å². The molecule has 0 saturated carbocycles. The number of hydrogen-bond acceptors (Lipinski definition) is 3. The lowest BCUT2D eigenvalue weighted by Gasteiger charge is -2.33. The van der Waals surface area contributed by atoms with Gasteiger partial charge in [0.15, 0.2) is 0 Å². The highest BCUT2D eigenvalue weighted by molar-refractivity contribution is 5.97. The highest BCUT2D eigenvalue weighted by Gasteiger charge is 2.21. The molecule has 3 rings (SSSR count). The third-order valence-corrected chi connectivity index (χ3v) is 5.16. The Labute approximate surface area is 162 Å². The zero-order valence-corrected chi connectivity index (χ0v) is 16.6. The fraction of sp³-hybridized carbons (Fsp3) is 0.435. The topological polar surface area (TPSA) is 41.6 Å². The third-order valence-electron chi connectivity index (χ3n) is 5.16. The van der Waals surface area contributed by atoms with Gasteiger partial charge in [0.1, 0.15) is 0 Å². The number of amides is 1. The number of carbonyl (C=O) groups excluding carboxylic acids is 1. The molecule has 4 nitrogen and oxygen atoms in total. The van der Waals surface area contributed by atoms with Crippen LogP contribution in [-0.4, -0.2) is 43.6 Å². The van der Waals surface area contributed by atoms with Gasteiger partial charge in [-0.25, -0.2) is 0 Å². The maximum Gasteiger partial charge on any atom is 0.251 e. The second-order valence-corrected chi connectivity index (χ2v) is 7.45. The SMILES string of the molecule is Cc1cc(C)c(C(=O)NCCCN2CCO[C@H](c3ccccc3)C2)c(C)c1. The first-order chi connectivity index (χ1) is 13.0. The van der Waals surface area contributed by atoms with Crippen molar-refractivity contribution in [3.63, 3.8) is 0 Å². The third kappa shape index (κ3) is 5.18. The molecule has 4 heteroatoms. The molecule has 1 aliphatic heterocycles. The average molecular weight is 367 g/mol. The number of benzene rings is 2. The zero-order chi connectivity index (χ0) is 19.2. The van der Waals surface area contributed by atoms with E-state index in [-0.39, 0.29) is 12.0 Å². The van der Waals surface area contributed by atoms with Crippen LogP contribution in [-0.2, 0) is 4.74 Å². The van der Waals surface area contributed by atoms with E-state index in [1.165, 1.54) is 11.1 Å². The lowest BCUT2D eigenvalue weighted by Crippen LogP contribution is -2.39. The van der Waals surface area contributed by atoms with E-state index in [0.29, 0.717) is 6.54 Å². The molecule has 0 unspecified atom stereocenters. The Balaban J connectivity index is 1.45. The van der Waals surface area contributed by atoms with Crippen LogP contribution >= 0.6 is 0 Å². The summed E-state index contributed by atoms with van der Waals surface area (Å²) in [5, 5.41) is 3.09. The monoisotopic (exact) mass is 366 g/mol. The van der Waals surface area contributed by atoms with Gasteiger partial charge in [-0.15, -0.1) is 0 Å². The second-order valence-electron chi connectivity index (χ2n) is 7.45. The lowest BCUT2D eigenvalue weighted by molar-refractivity contribution is -0.0301. The minimum atomic E-state index is 0.0362. The van der Waals surface area contributed by atoms with Crippen LogP contribution in [0.1, 0.15) is 45.1 Å². The summed E-state index contributed by atoms with van der Waals surface area (Å²) in [7, 11) is 0. The van der Waals surface area contributed by atoms with Gasteiger partial charge in [-0.2, -0.15) is 0 Å². The number of rotatable bonds is 6. The average Bonchev–Trinajstić information content (AvgIpc) is 2.65. The quantitative estimate of drug-likeness (QED) is 0.791. The Bertz CT molecular complexity index is 750. The van der Waals surface area contributed by atoms with E-state index in [1.54, 1.807) is 0 Å². The molecule has 1 atom stereocenters. The molecule has 1 amide bonds. The zero-order valence-electron chi connectivity index (χ0n) is 16.6. The van der Waals surface area contributed by atoms with Crippen molar-refractivity contribution >= 4 is 5.91 Å². The molecule has 2 aromatic carbocycles. The Morgan fingerprint density at radius 3 is 2.56 bits per heavy atom. The van der Waals surface area contributed by atoms with Crippen molar-refractivity contribution in [1.82, 2.24) is 10.2 Å². The van der Waals surface area contributed by atoms with Crippen molar-refractivity contribution in [2.75, 3.05) is 32.8 Å². The normalized spacial score (nSPS) is 17.7. The van der Waals surface area contributed by atoms with Crippen LogP contribution in [0.15, 0.2) is 42.5 Å². The molecule has 0 aliphatic carbocycles. The van der Waals surface area contributed by atoms with E-state index in [2.05, 4.69) is 53.5 Å². The van der Waals surface area contributed by atoms with E-state index >= 15 is 0 Å². The van der Waals surface area contributed by atoms with Gasteiger partial charge in [-0.1, -0.05) is 48.0 Å². The minimum Gasteiger partial charge on any atom is -0.371 e. The first-order valence-corrected chi connectivity index (χ1v) is 9.79. The first kappa shape index (κ1) is 19.6. The van der Waals surface area contributed by atoms with Gasteiger partial charge in [0.25, 0.3) is 5.91 Å². The standard InChI is InChI=1S/C23H30N2O2/c1-17-14-18(2)22(19(3)15-17)23(26)24-10-7-11-25-12-13-27-21(16-25)20-8-5-4-6-9-20/h4-6,8-9,14-15,21H,7,10-13,16H2,1-3H3,(H,24,26)/t21-/m0/s1. The van der Waals surface area contributed by atoms with Crippen LogP contribution in [0.25, 0.3) is 0 Å². The van der Waals surface area contributed by atoms with Crippen molar-refractivity contribution < 1.29 is 9.53 Å². The maximum absolute atomic E-state index is 12.5. The summed E-state index contributed by atoms with van der Waals surface area (Å²) in [5.74, 6) is 0.0362. The molecule has 1 N–H and O–H groups in total. The van der Waals surface area contributed by atoms with Crippen molar-refractivity contribution in [2.45, 2.75) is 33.3 Å². The van der Waals surface area contributed by atoms with E-state index in [0.717, 1.165) is 49.4 Å². The highest BCUT2D eigenvalue weighted by atomic mass is 16.5. The van der Waals surface area contributed by atoms with E-state index in [9.17, 15) is 4.79 Å². The van der Waals surface area contributed by atoms with Crippen molar-refractivity contribution in [1.29, 1.82) is 0 Å². The Hall–Kier alpha value is -2.17. The molecule has 1 aliphatic rings. The fourth-order valence-corrected chi connectivity index (χ4v) is 3.91. The van der Waals surface area contributed by atoms with E-state index in [4.69, 9.17) is 4.74 Å². The largest absolute Gasteiger partial charge is 0.371 e. The predicted molar refractivity (Wildman–Crippen MR) is 109 cm³/mol. The van der Waals surface area contributed by atoms with Gasteiger partial charge in [-0.05, 0) is 43.9 Å². The molecule has 27 heavy (non-hydrogen) atoms. The second kappa shape index (κ2) is 9.16. The molecule has 144 valence electrons. The van der Waals surface area contributed by atoms with E-state index in [1.807, 2.05) is 19.9 Å². The highest BCUT2D eigenvalue weighted by Crippen LogP contribution is 2.22. The van der Waals surface area contributed by atoms with Crippen molar-refractivity contribution in [3.8, 4) is 0 Å². The summed E-state index contributed by atoms with van der Waals surface area (Å²) in [5.41, 5.74) is 5.34. The summed E-state index contributed by atoms with van der Waals surface area (Å²) in [4.78, 5) is 15.0. The molecule has 1 fully saturated rings. The summed E-state index contributed by atoms with van der Waals surface area (Å²) >= 11 is 0. The smallest absolute Gasteiger partial charge is 0.251 e. The van der Waals surface area contributed by atoms with E-state index < -0.39 is 0 Å². The molecule has 1 heterocycles. The van der Waals surface area contributed by atoms with Gasteiger partial charge in [0.2, 0.25) is 0 Å². The fourth-order valence-electron chi connectivity index (χ4n) is 3.91. The number of nitrogens with one attached hydrogen (secondary N) is 1. The van der Waals surface area contributed by atoms with Gasteiger partial charge in [-0.3, -0.25) is 9.69 Å². The van der Waals surface area contributed by atoms with Crippen LogP contribution in [0, 0.1) is 20.8 Å². The summed E-state index contributed by atoms with van der Waals surface area (Å²) in [6.45, 7) is 10.4. The number of carbonyl (C=O) groups is 1. The van der Waals surface area contributed by atoms with Crippen LogP contribution < -0.4 is 5.32 Å². The Morgan fingerprint density at radius 2 is 1.85 bits per heavy atom. The number of morpholine rings is 1. The predicted octanol–water partition coefficient (Wildman–Crippen LogP) is 3.81. The van der Waals surface area contributed by atoms with Crippen LogP contribution in [0.2, 0.25) is 0 Å². The van der Waals surface area contributed by atoms with Crippen molar-refractivity contribution in [2.24, 2.45) is 0 Å². The molecular weight excluding hydrogens is 336 g/mol. The minimum absolute atomic E-state index is 0.0362. The number of aryl methyl sites for hydroxylation is 3. The summed E-state index contributed by atoms with van der Waals surface area (Å²) in [6.07, 6.45) is 1.09. The summed E-state index contributed by atoms with van der Waals surface area (Å²) in [6, 6.07) is 14.5. The molecule has 0 spiro atoms. The molecule has 1 saturated heterocycles. The Morgan fingerprint density at radius 1 is 1.15 bits per heavy atom. The number of hydrogen-bond donors (Lipinski definition) is 1. The summed E-state index contributed by atoms with van der Waals surface area (Å²) < 4.78 is 5.92. The Kier molecular flexibility index (Phi) is 6.64. The number of ether oxygens (including phenoxy) is 1. The lowest BCUT2D eigenvalue weighted by atomic mass is 9.99. The molecule has 2 aromatic rings. The molecular formula is C23H30N2O2. The molecule has 0 radical (unpaired) electrons. The first-order valence-electron chi connectivity index (χ1n) is 9.79. The van der Waals surface area contributed by atoms with Gasteiger partial charge < -0.3 is 10.1 Å². The number of nitrogens with zero attached hydrogens (tertiary/aromatic N) is 1. The van der Waals surface area contributed by atoms with Gasteiger partial charge in [0, 0.05) is 31.7 Å². The van der Waals surface area contributed by atoms with Crippen LogP contribution in [0.4, 0.5) is 0 Å². The molecule has 0 bridgehead atoms.